The van der Waals surface area contributed by atoms with Crippen LogP contribution in [0.15, 0.2) is 36.5 Å². The topological polar surface area (TPSA) is 46.5 Å². The third kappa shape index (κ3) is 14.6. The van der Waals surface area contributed by atoms with E-state index in [9.17, 15) is 4.79 Å². The van der Waals surface area contributed by atoms with Crippen molar-refractivity contribution in [2.45, 2.75) is 52.1 Å². The van der Waals surface area contributed by atoms with Crippen molar-refractivity contribution < 1.29 is 14.6 Å². The summed E-state index contributed by atoms with van der Waals surface area (Å²) in [6, 6.07) is 0. The Balaban J connectivity index is 3.47. The van der Waals surface area contributed by atoms with Crippen molar-refractivity contribution >= 4 is 5.97 Å². The third-order valence-electron chi connectivity index (χ3n) is 2.43. The molecule has 0 fully saturated rings. The number of allylic oxidation sites excluding steroid dienone is 5. The Morgan fingerprint density at radius 3 is 2.53 bits per heavy atom. The average Bonchev–Trinajstić information content (AvgIpc) is 2.36. The lowest BCUT2D eigenvalue weighted by Crippen LogP contribution is -1.98. The molecule has 0 aromatic heterocycles. The monoisotopic (exact) mass is 266 g/mol. The molecule has 0 heterocycles. The molecule has 0 spiro atoms. The van der Waals surface area contributed by atoms with Crippen LogP contribution in [0.3, 0.4) is 0 Å². The molecule has 3 heteroatoms. The first kappa shape index (κ1) is 17.6. The van der Waals surface area contributed by atoms with Gasteiger partial charge in [0.25, 0.3) is 0 Å². The van der Waals surface area contributed by atoms with E-state index in [4.69, 9.17) is 9.84 Å². The van der Waals surface area contributed by atoms with Crippen LogP contribution < -0.4 is 0 Å². The Bertz CT molecular complexity index is 301. The highest BCUT2D eigenvalue weighted by atomic mass is 16.5. The zero-order valence-corrected chi connectivity index (χ0v) is 12.0. The molecule has 1 atom stereocenters. The maximum absolute atomic E-state index is 11.0. The fourth-order valence-electron chi connectivity index (χ4n) is 1.46. The van der Waals surface area contributed by atoms with Crippen LogP contribution in [-0.4, -0.2) is 23.8 Å². The highest BCUT2D eigenvalue weighted by Crippen LogP contribution is 2.02. The molecule has 0 rings (SSSR count). The quantitative estimate of drug-likeness (QED) is 0.216. The first-order valence-electron chi connectivity index (χ1n) is 6.99. The Hall–Kier alpha value is -1.35. The first-order valence-corrected chi connectivity index (χ1v) is 6.99. The second-order valence-electron chi connectivity index (χ2n) is 4.37. The van der Waals surface area contributed by atoms with E-state index in [-0.39, 0.29) is 12.1 Å². The molecule has 1 unspecified atom stereocenters. The average molecular weight is 266 g/mol. The van der Waals surface area contributed by atoms with Crippen LogP contribution in [-0.2, 0) is 9.53 Å². The normalized spacial score (nSPS) is 13.6. The molecular weight excluding hydrogens is 240 g/mol. The van der Waals surface area contributed by atoms with Gasteiger partial charge in [-0.05, 0) is 46.0 Å². The Kier molecular flexibility index (Phi) is 12.2. The van der Waals surface area contributed by atoms with Crippen LogP contribution in [0.25, 0.3) is 0 Å². The van der Waals surface area contributed by atoms with Gasteiger partial charge in [-0.3, -0.25) is 0 Å². The summed E-state index contributed by atoms with van der Waals surface area (Å²) in [5.41, 5.74) is 0. The summed E-state index contributed by atoms with van der Waals surface area (Å²) in [4.78, 5) is 11.0. The number of aliphatic hydroxyl groups excluding tert-OH is 1. The molecule has 0 radical (unpaired) electrons. The number of carbonyl (C=O) groups excluding carboxylic acids is 1. The molecule has 0 aromatic carbocycles. The van der Waals surface area contributed by atoms with Crippen LogP contribution in [0.5, 0.6) is 0 Å². The largest absolute Gasteiger partial charge is 0.463 e. The minimum Gasteiger partial charge on any atom is -0.463 e. The molecule has 0 aliphatic heterocycles. The zero-order valence-electron chi connectivity index (χ0n) is 12.0. The molecule has 0 saturated carbocycles. The van der Waals surface area contributed by atoms with E-state index in [1.807, 2.05) is 19.1 Å². The number of esters is 1. The van der Waals surface area contributed by atoms with Crippen molar-refractivity contribution in [3.63, 3.8) is 0 Å². The number of hydrogen-bond acceptors (Lipinski definition) is 3. The van der Waals surface area contributed by atoms with Crippen LogP contribution in [0.1, 0.15) is 46.0 Å². The molecule has 0 aliphatic carbocycles. The van der Waals surface area contributed by atoms with Gasteiger partial charge in [-0.2, -0.15) is 0 Å². The van der Waals surface area contributed by atoms with E-state index in [1.54, 1.807) is 13.0 Å². The molecule has 0 saturated heterocycles. The van der Waals surface area contributed by atoms with Crippen LogP contribution in [0, 0.1) is 0 Å². The van der Waals surface area contributed by atoms with Gasteiger partial charge in [-0.15, -0.1) is 0 Å². The number of aliphatic hydroxyl groups is 1. The lowest BCUT2D eigenvalue weighted by molar-refractivity contribution is -0.137. The minimum absolute atomic E-state index is 0.192. The van der Waals surface area contributed by atoms with Gasteiger partial charge in [0.2, 0.25) is 0 Å². The summed E-state index contributed by atoms with van der Waals surface area (Å²) in [6.45, 7) is 4.01. The molecule has 0 aromatic rings. The highest BCUT2D eigenvalue weighted by Gasteiger charge is 1.92. The van der Waals surface area contributed by atoms with E-state index >= 15 is 0 Å². The van der Waals surface area contributed by atoms with Crippen molar-refractivity contribution in [1.29, 1.82) is 0 Å². The van der Waals surface area contributed by atoms with Crippen molar-refractivity contribution in [3.05, 3.63) is 36.5 Å². The van der Waals surface area contributed by atoms with Gasteiger partial charge in [0.05, 0.1) is 12.7 Å². The fraction of sp³-hybridized carbons (Fsp3) is 0.562. The van der Waals surface area contributed by atoms with Gasteiger partial charge in [0, 0.05) is 6.08 Å². The molecule has 0 aliphatic rings. The van der Waals surface area contributed by atoms with E-state index in [0.717, 1.165) is 32.1 Å². The summed E-state index contributed by atoms with van der Waals surface area (Å²) in [5.74, 6) is -0.301. The van der Waals surface area contributed by atoms with Crippen molar-refractivity contribution in [2.75, 3.05) is 6.61 Å². The molecule has 1 N–H and O–H groups in total. The lowest BCUT2D eigenvalue weighted by atomic mass is 10.1. The van der Waals surface area contributed by atoms with Gasteiger partial charge >= 0.3 is 5.97 Å². The second-order valence-corrected chi connectivity index (χ2v) is 4.37. The van der Waals surface area contributed by atoms with Crippen LogP contribution in [0.2, 0.25) is 0 Å². The molecule has 0 amide bonds. The van der Waals surface area contributed by atoms with Gasteiger partial charge in [0.15, 0.2) is 0 Å². The maximum Gasteiger partial charge on any atom is 0.330 e. The van der Waals surface area contributed by atoms with Gasteiger partial charge < -0.3 is 9.84 Å². The predicted molar refractivity (Wildman–Crippen MR) is 78.8 cm³/mol. The third-order valence-corrected chi connectivity index (χ3v) is 2.43. The van der Waals surface area contributed by atoms with Crippen LogP contribution >= 0.6 is 0 Å². The number of hydrogen-bond donors (Lipinski definition) is 1. The SMILES string of the molecule is CCOC(=O)/C=C/C=C/CC/C=C/CCCC(C)O. The highest BCUT2D eigenvalue weighted by molar-refractivity contribution is 5.82. The molecular formula is C16H26O3. The first-order chi connectivity index (χ1) is 9.16. The summed E-state index contributed by atoms with van der Waals surface area (Å²) >= 11 is 0. The summed E-state index contributed by atoms with van der Waals surface area (Å²) in [5, 5.41) is 9.08. The number of unbranched alkanes of at least 4 members (excludes halogenated alkanes) is 2. The second kappa shape index (κ2) is 13.1. The molecule has 19 heavy (non-hydrogen) atoms. The zero-order chi connectivity index (χ0) is 14.3. The summed E-state index contributed by atoms with van der Waals surface area (Å²) < 4.78 is 4.75. The van der Waals surface area contributed by atoms with Gasteiger partial charge in [-0.1, -0.05) is 30.4 Å². The van der Waals surface area contributed by atoms with Crippen LogP contribution in [0.4, 0.5) is 0 Å². The standard InChI is InChI=1S/C16H26O3/c1-3-19-16(18)14-12-10-8-6-4-5-7-9-11-13-15(2)17/h5,7-8,10,12,14-15,17H,3-4,6,9,11,13H2,1-2H3/b7-5+,10-8+,14-12+. The van der Waals surface area contributed by atoms with Gasteiger partial charge in [0.1, 0.15) is 0 Å². The number of carbonyl (C=O) groups is 1. The fourth-order valence-corrected chi connectivity index (χ4v) is 1.46. The predicted octanol–water partition coefficient (Wildman–Crippen LogP) is 3.55. The Morgan fingerprint density at radius 1 is 1.16 bits per heavy atom. The molecule has 108 valence electrons. The summed E-state index contributed by atoms with van der Waals surface area (Å²) in [7, 11) is 0. The van der Waals surface area contributed by atoms with E-state index in [2.05, 4.69) is 12.2 Å². The maximum atomic E-state index is 11.0. The Labute approximate surface area is 116 Å². The number of rotatable bonds is 10. The van der Waals surface area contributed by atoms with Gasteiger partial charge in [-0.25, -0.2) is 4.79 Å². The van der Waals surface area contributed by atoms with E-state index < -0.39 is 0 Å². The smallest absolute Gasteiger partial charge is 0.330 e. The number of ether oxygens (including phenoxy) is 1. The van der Waals surface area contributed by atoms with Crippen molar-refractivity contribution in [2.24, 2.45) is 0 Å². The lowest BCUT2D eigenvalue weighted by Gasteiger charge is -1.99. The van der Waals surface area contributed by atoms with Crippen molar-refractivity contribution in [3.8, 4) is 0 Å². The van der Waals surface area contributed by atoms with E-state index in [1.165, 1.54) is 6.08 Å². The molecule has 3 nitrogen and oxygen atoms in total. The Morgan fingerprint density at radius 2 is 1.84 bits per heavy atom. The van der Waals surface area contributed by atoms with E-state index in [0.29, 0.717) is 6.61 Å². The minimum atomic E-state index is -0.301. The molecule has 0 bridgehead atoms. The summed E-state index contributed by atoms with van der Waals surface area (Å²) in [6.07, 6.45) is 16.0. The van der Waals surface area contributed by atoms with Crippen molar-refractivity contribution in [1.82, 2.24) is 0 Å².